The summed E-state index contributed by atoms with van der Waals surface area (Å²) in [7, 11) is 0. The van der Waals surface area contributed by atoms with Gasteiger partial charge in [-0.25, -0.2) is 0 Å². The molecule has 3 atom stereocenters. The van der Waals surface area contributed by atoms with Crippen molar-refractivity contribution in [1.82, 2.24) is 5.32 Å². The van der Waals surface area contributed by atoms with Crippen molar-refractivity contribution >= 4 is 5.91 Å². The van der Waals surface area contributed by atoms with E-state index in [2.05, 4.69) is 5.32 Å². The minimum absolute atomic E-state index is 0.00766. The van der Waals surface area contributed by atoms with Crippen molar-refractivity contribution in [2.24, 2.45) is 11.8 Å². The Morgan fingerprint density at radius 3 is 2.88 bits per heavy atom. The number of carbonyl (C=O) groups excluding carboxylic acids is 1. The molecule has 0 aromatic heterocycles. The van der Waals surface area contributed by atoms with Gasteiger partial charge in [-0.3, -0.25) is 4.79 Å². The molecule has 1 rings (SSSR count). The molecule has 1 aliphatic rings. The van der Waals surface area contributed by atoms with Gasteiger partial charge in [-0.2, -0.15) is 0 Å². The van der Waals surface area contributed by atoms with Crippen LogP contribution in [0, 0.1) is 11.8 Å². The van der Waals surface area contributed by atoms with E-state index < -0.39 is 5.60 Å². The van der Waals surface area contributed by atoms with Gasteiger partial charge < -0.3 is 15.2 Å². The van der Waals surface area contributed by atoms with Crippen LogP contribution in [0.5, 0.6) is 0 Å². The Morgan fingerprint density at radius 1 is 1.65 bits per heavy atom. The summed E-state index contributed by atoms with van der Waals surface area (Å²) in [5.41, 5.74) is -0.833. The number of nitrogens with one attached hydrogen (secondary N) is 1. The zero-order valence-electron chi connectivity index (χ0n) is 11.2. The molecule has 0 aromatic rings. The summed E-state index contributed by atoms with van der Waals surface area (Å²) in [6, 6.07) is 0. The van der Waals surface area contributed by atoms with Crippen molar-refractivity contribution in [2.45, 2.75) is 45.6 Å². The maximum Gasteiger partial charge on any atom is 0.225 e. The second-order valence-corrected chi connectivity index (χ2v) is 5.30. The summed E-state index contributed by atoms with van der Waals surface area (Å²) in [5.74, 6) is 0.134. The molecule has 100 valence electrons. The van der Waals surface area contributed by atoms with Gasteiger partial charge in [-0.1, -0.05) is 20.3 Å². The Bertz CT molecular complexity index is 247. The summed E-state index contributed by atoms with van der Waals surface area (Å²) in [5, 5.41) is 13.0. The smallest absolute Gasteiger partial charge is 0.225 e. The molecule has 0 radical (unpaired) electrons. The molecule has 4 heteroatoms. The number of hydrogen-bond donors (Lipinski definition) is 2. The van der Waals surface area contributed by atoms with Crippen LogP contribution >= 0.6 is 0 Å². The lowest BCUT2D eigenvalue weighted by Gasteiger charge is -2.31. The first-order valence-electron chi connectivity index (χ1n) is 6.55. The van der Waals surface area contributed by atoms with Crippen LogP contribution < -0.4 is 5.32 Å². The summed E-state index contributed by atoms with van der Waals surface area (Å²) < 4.78 is 5.28. The third-order valence-corrected chi connectivity index (χ3v) is 3.83. The minimum atomic E-state index is -0.833. The number of rotatable bonds is 5. The van der Waals surface area contributed by atoms with Crippen LogP contribution in [0.1, 0.15) is 40.0 Å². The molecule has 0 spiro atoms. The minimum Gasteiger partial charge on any atom is -0.388 e. The summed E-state index contributed by atoms with van der Waals surface area (Å²) in [6.07, 6.45) is 2.73. The average molecular weight is 243 g/mol. The molecule has 2 N–H and O–H groups in total. The molecule has 0 bridgehead atoms. The summed E-state index contributed by atoms with van der Waals surface area (Å²) in [4.78, 5) is 11.9. The van der Waals surface area contributed by atoms with Crippen LogP contribution in [0.4, 0.5) is 0 Å². The lowest BCUT2D eigenvalue weighted by Crippen LogP contribution is -2.47. The van der Waals surface area contributed by atoms with E-state index in [1.54, 1.807) is 6.92 Å². The number of hydrogen-bond acceptors (Lipinski definition) is 3. The maximum absolute atomic E-state index is 11.9. The Hall–Kier alpha value is -0.610. The molecular formula is C13H25NO3. The van der Waals surface area contributed by atoms with Gasteiger partial charge in [0.25, 0.3) is 0 Å². The first-order valence-corrected chi connectivity index (χ1v) is 6.55. The number of aliphatic hydroxyl groups is 1. The third-order valence-electron chi connectivity index (χ3n) is 3.83. The highest BCUT2D eigenvalue weighted by atomic mass is 16.5. The molecular weight excluding hydrogens is 218 g/mol. The average Bonchev–Trinajstić information content (AvgIpc) is 2.36. The van der Waals surface area contributed by atoms with Crippen LogP contribution in [-0.2, 0) is 9.53 Å². The van der Waals surface area contributed by atoms with Gasteiger partial charge in [0.2, 0.25) is 5.91 Å². The van der Waals surface area contributed by atoms with Gasteiger partial charge in [0.1, 0.15) is 0 Å². The zero-order valence-corrected chi connectivity index (χ0v) is 11.2. The molecule has 0 aliphatic carbocycles. The molecule has 1 amide bonds. The summed E-state index contributed by atoms with van der Waals surface area (Å²) in [6.45, 7) is 7.40. The van der Waals surface area contributed by atoms with Crippen molar-refractivity contribution in [3.63, 3.8) is 0 Å². The van der Waals surface area contributed by atoms with Crippen LogP contribution in [0.2, 0.25) is 0 Å². The van der Waals surface area contributed by atoms with Crippen molar-refractivity contribution in [3.05, 3.63) is 0 Å². The first-order chi connectivity index (χ1) is 7.97. The van der Waals surface area contributed by atoms with Gasteiger partial charge in [0.15, 0.2) is 0 Å². The second kappa shape index (κ2) is 6.36. The van der Waals surface area contributed by atoms with E-state index in [0.717, 1.165) is 25.9 Å². The molecule has 1 heterocycles. The topological polar surface area (TPSA) is 58.6 Å². The fourth-order valence-corrected chi connectivity index (χ4v) is 1.97. The van der Waals surface area contributed by atoms with Gasteiger partial charge in [-0.15, -0.1) is 0 Å². The van der Waals surface area contributed by atoms with Crippen LogP contribution in [0.15, 0.2) is 0 Å². The van der Waals surface area contributed by atoms with Crippen molar-refractivity contribution in [1.29, 1.82) is 0 Å². The van der Waals surface area contributed by atoms with E-state index in [-0.39, 0.29) is 17.7 Å². The fourth-order valence-electron chi connectivity index (χ4n) is 1.97. The lowest BCUT2D eigenvalue weighted by molar-refractivity contribution is -0.130. The Kier molecular flexibility index (Phi) is 5.40. The standard InChI is InChI=1S/C13H25NO3/c1-4-10(2)13(3,16)9-14-12(15)11-6-5-7-17-8-11/h10-11,16H,4-9H2,1-3H3,(H,14,15)/t10-,11+,13+/m0/s1. The quantitative estimate of drug-likeness (QED) is 0.766. The number of amides is 1. The highest BCUT2D eigenvalue weighted by Crippen LogP contribution is 2.19. The molecule has 4 nitrogen and oxygen atoms in total. The SMILES string of the molecule is CC[C@H](C)[C@](C)(O)CNC(=O)[C@@H]1CCCOC1. The van der Waals surface area contributed by atoms with Crippen molar-refractivity contribution in [2.75, 3.05) is 19.8 Å². The van der Waals surface area contributed by atoms with Gasteiger partial charge >= 0.3 is 0 Å². The van der Waals surface area contributed by atoms with E-state index in [0.29, 0.717) is 13.2 Å². The predicted molar refractivity (Wildman–Crippen MR) is 66.6 cm³/mol. The molecule has 0 aromatic carbocycles. The fraction of sp³-hybridized carbons (Fsp3) is 0.923. The lowest BCUT2D eigenvalue weighted by atomic mass is 9.88. The molecule has 17 heavy (non-hydrogen) atoms. The highest BCUT2D eigenvalue weighted by molar-refractivity contribution is 5.78. The Labute approximate surface area is 104 Å². The van der Waals surface area contributed by atoms with E-state index in [9.17, 15) is 9.90 Å². The van der Waals surface area contributed by atoms with Crippen LogP contribution in [0.25, 0.3) is 0 Å². The number of carbonyl (C=O) groups is 1. The van der Waals surface area contributed by atoms with E-state index >= 15 is 0 Å². The van der Waals surface area contributed by atoms with Gasteiger partial charge in [0.05, 0.1) is 18.1 Å². The molecule has 1 fully saturated rings. The van der Waals surface area contributed by atoms with Crippen LogP contribution in [-0.4, -0.2) is 36.4 Å². The van der Waals surface area contributed by atoms with E-state index in [1.807, 2.05) is 13.8 Å². The second-order valence-electron chi connectivity index (χ2n) is 5.30. The first kappa shape index (κ1) is 14.5. The summed E-state index contributed by atoms with van der Waals surface area (Å²) >= 11 is 0. The molecule has 0 unspecified atom stereocenters. The van der Waals surface area contributed by atoms with Gasteiger partial charge in [-0.05, 0) is 25.7 Å². The normalized spacial score (nSPS) is 26.0. The van der Waals surface area contributed by atoms with Crippen molar-refractivity contribution in [3.8, 4) is 0 Å². The largest absolute Gasteiger partial charge is 0.388 e. The highest BCUT2D eigenvalue weighted by Gasteiger charge is 2.29. The Balaban J connectivity index is 2.36. The van der Waals surface area contributed by atoms with E-state index in [4.69, 9.17) is 4.74 Å². The zero-order chi connectivity index (χ0) is 12.9. The monoisotopic (exact) mass is 243 g/mol. The number of ether oxygens (including phenoxy) is 1. The molecule has 0 saturated carbocycles. The van der Waals surface area contributed by atoms with Gasteiger partial charge in [0, 0.05) is 13.2 Å². The predicted octanol–water partition coefficient (Wildman–Crippen LogP) is 1.33. The van der Waals surface area contributed by atoms with Crippen molar-refractivity contribution < 1.29 is 14.6 Å². The van der Waals surface area contributed by atoms with E-state index in [1.165, 1.54) is 0 Å². The molecule has 1 saturated heterocycles. The maximum atomic E-state index is 11.9. The van der Waals surface area contributed by atoms with Crippen LogP contribution in [0.3, 0.4) is 0 Å². The third kappa shape index (κ3) is 4.28. The Morgan fingerprint density at radius 2 is 2.35 bits per heavy atom. The molecule has 1 aliphatic heterocycles.